The number of carbonyl (C=O) groups excluding carboxylic acids is 2. The number of nitrogens with zero attached hydrogens (tertiary/aromatic N) is 2. The summed E-state index contributed by atoms with van der Waals surface area (Å²) < 4.78 is 10.5. The van der Waals surface area contributed by atoms with Gasteiger partial charge < -0.3 is 29.9 Å². The molecule has 0 saturated carbocycles. The van der Waals surface area contributed by atoms with Crippen LogP contribution in [-0.2, 0) is 5.41 Å². The van der Waals surface area contributed by atoms with Crippen molar-refractivity contribution < 1.29 is 19.1 Å². The van der Waals surface area contributed by atoms with Crippen LogP contribution in [0.3, 0.4) is 0 Å². The zero-order valence-corrected chi connectivity index (χ0v) is 22.7. The fraction of sp³-hybridized carbons (Fsp3) is 0.333. The fourth-order valence-corrected chi connectivity index (χ4v) is 4.41. The molecular weight excluding hydrogens is 480 g/mol. The Morgan fingerprint density at radius 1 is 0.789 bits per heavy atom. The normalized spacial score (nSPS) is 13.6. The van der Waals surface area contributed by atoms with Gasteiger partial charge in [0.25, 0.3) is 5.91 Å². The van der Waals surface area contributed by atoms with E-state index < -0.39 is 0 Å². The van der Waals surface area contributed by atoms with E-state index in [1.165, 1.54) is 12.7 Å². The molecular formula is C30H36N4O4. The summed E-state index contributed by atoms with van der Waals surface area (Å²) >= 11 is 0. The third-order valence-corrected chi connectivity index (χ3v) is 6.71. The van der Waals surface area contributed by atoms with Crippen LogP contribution in [0.25, 0.3) is 0 Å². The van der Waals surface area contributed by atoms with Crippen molar-refractivity contribution in [3.05, 3.63) is 77.9 Å². The molecule has 0 unspecified atom stereocenters. The molecule has 1 aliphatic rings. The highest BCUT2D eigenvalue weighted by Crippen LogP contribution is 2.29. The molecule has 3 aromatic carbocycles. The zero-order valence-electron chi connectivity index (χ0n) is 22.7. The average Bonchev–Trinajstić information content (AvgIpc) is 2.93. The van der Waals surface area contributed by atoms with Gasteiger partial charge in [-0.3, -0.25) is 4.79 Å². The van der Waals surface area contributed by atoms with Gasteiger partial charge in [0.1, 0.15) is 11.5 Å². The Morgan fingerprint density at radius 3 is 2.03 bits per heavy atom. The number of nitrogens with one attached hydrogen (secondary N) is 2. The Bertz CT molecular complexity index is 1260. The van der Waals surface area contributed by atoms with Crippen molar-refractivity contribution >= 4 is 29.0 Å². The largest absolute Gasteiger partial charge is 0.497 e. The summed E-state index contributed by atoms with van der Waals surface area (Å²) in [5.74, 6) is 1.22. The Morgan fingerprint density at radius 2 is 1.45 bits per heavy atom. The lowest BCUT2D eigenvalue weighted by molar-refractivity contribution is 0.0746. The van der Waals surface area contributed by atoms with E-state index in [0.29, 0.717) is 36.0 Å². The smallest absolute Gasteiger partial charge is 0.323 e. The van der Waals surface area contributed by atoms with Crippen LogP contribution in [0.2, 0.25) is 0 Å². The monoisotopic (exact) mass is 516 g/mol. The lowest BCUT2D eigenvalue weighted by Gasteiger charge is -2.36. The van der Waals surface area contributed by atoms with Gasteiger partial charge in [-0.05, 0) is 59.5 Å². The van der Waals surface area contributed by atoms with Gasteiger partial charge in [0.15, 0.2) is 0 Å². The second-order valence-corrected chi connectivity index (χ2v) is 10.3. The number of amides is 3. The molecule has 38 heavy (non-hydrogen) atoms. The summed E-state index contributed by atoms with van der Waals surface area (Å²) in [5.41, 5.74) is 4.27. The van der Waals surface area contributed by atoms with Crippen LogP contribution in [-0.4, -0.2) is 57.2 Å². The number of hydrogen-bond acceptors (Lipinski definition) is 5. The van der Waals surface area contributed by atoms with E-state index in [0.717, 1.165) is 24.3 Å². The molecule has 8 heteroatoms. The van der Waals surface area contributed by atoms with Gasteiger partial charge in [-0.1, -0.05) is 32.9 Å². The van der Waals surface area contributed by atoms with Crippen molar-refractivity contribution in [3.63, 3.8) is 0 Å². The van der Waals surface area contributed by atoms with Crippen molar-refractivity contribution in [2.24, 2.45) is 0 Å². The Balaban J connectivity index is 1.29. The maximum atomic E-state index is 13.0. The highest BCUT2D eigenvalue weighted by molar-refractivity contribution is 6.00. The molecule has 8 nitrogen and oxygen atoms in total. The highest BCUT2D eigenvalue weighted by atomic mass is 16.5. The number of rotatable bonds is 6. The maximum absolute atomic E-state index is 13.0. The minimum Gasteiger partial charge on any atom is -0.497 e. The summed E-state index contributed by atoms with van der Waals surface area (Å²) in [7, 11) is 3.11. The van der Waals surface area contributed by atoms with Gasteiger partial charge in [-0.2, -0.15) is 0 Å². The molecule has 0 aliphatic carbocycles. The molecule has 4 rings (SSSR count). The third-order valence-electron chi connectivity index (χ3n) is 6.71. The van der Waals surface area contributed by atoms with Crippen LogP contribution in [0.5, 0.6) is 11.5 Å². The molecule has 0 atom stereocenters. The average molecular weight is 517 g/mol. The van der Waals surface area contributed by atoms with Gasteiger partial charge in [-0.25, -0.2) is 4.79 Å². The SMILES string of the molecule is COc1ccc(NC(=O)Nc2ccc(N3CCN(C(=O)c4ccc(C(C)(C)C)cc4)CC3)cc2)c(OC)c1. The van der Waals surface area contributed by atoms with Gasteiger partial charge in [-0.15, -0.1) is 0 Å². The Hall–Kier alpha value is -4.20. The summed E-state index contributed by atoms with van der Waals surface area (Å²) in [6.07, 6.45) is 0. The van der Waals surface area contributed by atoms with Crippen LogP contribution >= 0.6 is 0 Å². The number of carbonyl (C=O) groups is 2. The number of anilines is 3. The van der Waals surface area contributed by atoms with Crippen molar-refractivity contribution in [3.8, 4) is 11.5 Å². The standard InChI is InChI=1S/C30H36N4O4/c1-30(2,3)22-8-6-21(7-9-22)28(35)34-18-16-33(17-19-34)24-12-10-23(11-13-24)31-29(36)32-26-15-14-25(37-4)20-27(26)38-5/h6-15,20H,16-19H2,1-5H3,(H2,31,32,36). The van der Waals surface area contributed by atoms with Gasteiger partial charge >= 0.3 is 6.03 Å². The van der Waals surface area contributed by atoms with Crippen LogP contribution in [0.15, 0.2) is 66.7 Å². The Labute approximate surface area is 224 Å². The molecule has 200 valence electrons. The number of piperazine rings is 1. The first-order valence-electron chi connectivity index (χ1n) is 12.7. The number of methoxy groups -OCH3 is 2. The first kappa shape index (κ1) is 26.9. The topological polar surface area (TPSA) is 83.1 Å². The van der Waals surface area contributed by atoms with E-state index in [-0.39, 0.29) is 17.4 Å². The first-order chi connectivity index (χ1) is 18.2. The van der Waals surface area contributed by atoms with Gasteiger partial charge in [0.2, 0.25) is 0 Å². The number of ether oxygens (including phenoxy) is 2. The fourth-order valence-electron chi connectivity index (χ4n) is 4.41. The molecule has 0 spiro atoms. The first-order valence-corrected chi connectivity index (χ1v) is 12.7. The van der Waals surface area contributed by atoms with E-state index in [1.54, 1.807) is 25.3 Å². The minimum atomic E-state index is -0.371. The maximum Gasteiger partial charge on any atom is 0.323 e. The van der Waals surface area contributed by atoms with E-state index in [1.807, 2.05) is 53.4 Å². The number of hydrogen-bond donors (Lipinski definition) is 2. The van der Waals surface area contributed by atoms with Crippen LogP contribution in [0, 0.1) is 0 Å². The van der Waals surface area contributed by atoms with E-state index >= 15 is 0 Å². The molecule has 0 aromatic heterocycles. The van der Waals surface area contributed by atoms with Crippen LogP contribution in [0.4, 0.5) is 21.9 Å². The second kappa shape index (κ2) is 11.5. The lowest BCUT2D eigenvalue weighted by Crippen LogP contribution is -2.48. The molecule has 2 N–H and O–H groups in total. The van der Waals surface area contributed by atoms with Crippen LogP contribution < -0.4 is 25.0 Å². The summed E-state index contributed by atoms with van der Waals surface area (Å²) in [5, 5.41) is 5.65. The van der Waals surface area contributed by atoms with Crippen molar-refractivity contribution in [2.45, 2.75) is 26.2 Å². The number of benzene rings is 3. The van der Waals surface area contributed by atoms with E-state index in [4.69, 9.17) is 9.47 Å². The van der Waals surface area contributed by atoms with Crippen LogP contribution in [0.1, 0.15) is 36.7 Å². The predicted molar refractivity (Wildman–Crippen MR) is 152 cm³/mol. The van der Waals surface area contributed by atoms with Crippen molar-refractivity contribution in [1.82, 2.24) is 4.90 Å². The quantitative estimate of drug-likeness (QED) is 0.445. The molecule has 3 aromatic rings. The van der Waals surface area contributed by atoms with Gasteiger partial charge in [0.05, 0.1) is 19.9 Å². The van der Waals surface area contributed by atoms with Crippen molar-refractivity contribution in [1.29, 1.82) is 0 Å². The highest BCUT2D eigenvalue weighted by Gasteiger charge is 2.23. The third kappa shape index (κ3) is 6.37. The second-order valence-electron chi connectivity index (χ2n) is 10.3. The molecule has 1 heterocycles. The van der Waals surface area contributed by atoms with Crippen molar-refractivity contribution in [2.75, 3.05) is 55.9 Å². The lowest BCUT2D eigenvalue weighted by atomic mass is 9.86. The summed E-state index contributed by atoms with van der Waals surface area (Å²) in [4.78, 5) is 29.7. The predicted octanol–water partition coefficient (Wildman–Crippen LogP) is 5.61. The Kier molecular flexibility index (Phi) is 8.10. The molecule has 1 saturated heterocycles. The van der Waals surface area contributed by atoms with Gasteiger partial charge in [0, 0.05) is 49.2 Å². The summed E-state index contributed by atoms with van der Waals surface area (Å²) in [6.45, 7) is 9.31. The molecule has 3 amide bonds. The molecule has 0 bridgehead atoms. The molecule has 0 radical (unpaired) electrons. The zero-order chi connectivity index (χ0) is 27.3. The van der Waals surface area contributed by atoms with E-state index in [2.05, 4.69) is 36.3 Å². The minimum absolute atomic E-state index is 0.0617. The summed E-state index contributed by atoms with van der Waals surface area (Å²) in [6, 6.07) is 20.5. The molecule has 1 aliphatic heterocycles. The number of urea groups is 1. The molecule has 1 fully saturated rings. The van der Waals surface area contributed by atoms with E-state index in [9.17, 15) is 9.59 Å².